The van der Waals surface area contributed by atoms with Crippen LogP contribution in [0.25, 0.3) is 0 Å². The van der Waals surface area contributed by atoms with Crippen molar-refractivity contribution in [1.29, 1.82) is 0 Å². The summed E-state index contributed by atoms with van der Waals surface area (Å²) in [5.74, 6) is 0.148. The molecule has 1 amide bonds. The molecule has 1 N–H and O–H groups in total. The maximum Gasteiger partial charge on any atom is 0.387 e. The van der Waals surface area contributed by atoms with Crippen molar-refractivity contribution in [3.63, 3.8) is 0 Å². The van der Waals surface area contributed by atoms with Crippen LogP contribution in [0.1, 0.15) is 28.8 Å². The van der Waals surface area contributed by atoms with E-state index in [0.29, 0.717) is 0 Å². The first-order chi connectivity index (χ1) is 13.1. The molecule has 0 saturated carbocycles. The summed E-state index contributed by atoms with van der Waals surface area (Å²) in [6.07, 6.45) is 3.99. The number of alkyl halides is 2. The molecule has 0 unspecified atom stereocenters. The second kappa shape index (κ2) is 8.66. The third-order valence-corrected chi connectivity index (χ3v) is 4.34. The fourth-order valence-electron chi connectivity index (χ4n) is 3.03. The van der Waals surface area contributed by atoms with Crippen molar-refractivity contribution >= 4 is 11.7 Å². The van der Waals surface area contributed by atoms with E-state index in [4.69, 9.17) is 4.74 Å². The predicted molar refractivity (Wildman–Crippen MR) is 96.5 cm³/mol. The first kappa shape index (κ1) is 18.9. The van der Waals surface area contributed by atoms with Crippen LogP contribution >= 0.6 is 0 Å². The third kappa shape index (κ3) is 4.64. The molecule has 0 bridgehead atoms. The molecular formula is C19H21F2N3O3. The number of rotatable bonds is 7. The molecule has 144 valence electrons. The highest BCUT2D eigenvalue weighted by atomic mass is 19.3. The Morgan fingerprint density at radius 2 is 2.07 bits per heavy atom. The number of amides is 1. The number of benzene rings is 1. The number of methoxy groups -OCH3 is 1. The molecule has 2 heterocycles. The van der Waals surface area contributed by atoms with Gasteiger partial charge in [-0.25, -0.2) is 4.98 Å². The zero-order valence-corrected chi connectivity index (χ0v) is 15.0. The fraction of sp³-hybridized carbons (Fsp3) is 0.368. The van der Waals surface area contributed by atoms with Gasteiger partial charge in [-0.1, -0.05) is 6.07 Å². The summed E-state index contributed by atoms with van der Waals surface area (Å²) in [5, 5.41) is 2.73. The summed E-state index contributed by atoms with van der Waals surface area (Å²) in [7, 11) is 1.33. The van der Waals surface area contributed by atoms with Crippen molar-refractivity contribution in [2.75, 3.05) is 25.1 Å². The van der Waals surface area contributed by atoms with E-state index in [2.05, 4.69) is 19.9 Å². The van der Waals surface area contributed by atoms with Crippen LogP contribution in [0, 0.1) is 0 Å². The highest BCUT2D eigenvalue weighted by Gasteiger charge is 2.20. The molecule has 0 aliphatic carbocycles. The normalized spacial score (nSPS) is 13.7. The van der Waals surface area contributed by atoms with E-state index in [1.165, 1.54) is 19.2 Å². The fourth-order valence-corrected chi connectivity index (χ4v) is 3.03. The number of para-hydroxylation sites is 1. The van der Waals surface area contributed by atoms with E-state index in [1.807, 2.05) is 12.1 Å². The van der Waals surface area contributed by atoms with Gasteiger partial charge in [0, 0.05) is 25.8 Å². The van der Waals surface area contributed by atoms with Gasteiger partial charge in [0.2, 0.25) is 0 Å². The summed E-state index contributed by atoms with van der Waals surface area (Å²) in [6, 6.07) is 8.15. The van der Waals surface area contributed by atoms with Crippen LogP contribution < -0.4 is 19.7 Å². The maximum absolute atomic E-state index is 12.7. The van der Waals surface area contributed by atoms with Crippen LogP contribution in [0.5, 0.6) is 11.5 Å². The minimum absolute atomic E-state index is 0.0107. The number of ether oxygens (including phenoxy) is 2. The van der Waals surface area contributed by atoms with Crippen molar-refractivity contribution in [3.8, 4) is 11.5 Å². The quantitative estimate of drug-likeness (QED) is 0.803. The molecule has 1 aromatic heterocycles. The summed E-state index contributed by atoms with van der Waals surface area (Å²) in [5.41, 5.74) is 0.864. The molecule has 0 spiro atoms. The molecule has 27 heavy (non-hydrogen) atoms. The number of hydrogen-bond acceptors (Lipinski definition) is 5. The number of carbonyl (C=O) groups is 1. The lowest BCUT2D eigenvalue weighted by molar-refractivity contribution is -0.0515. The lowest BCUT2D eigenvalue weighted by Crippen LogP contribution is -2.24. The average molecular weight is 377 g/mol. The Balaban J connectivity index is 1.72. The molecule has 1 fully saturated rings. The molecule has 1 aromatic carbocycles. The van der Waals surface area contributed by atoms with Gasteiger partial charge in [0.15, 0.2) is 11.5 Å². The van der Waals surface area contributed by atoms with E-state index in [0.717, 1.165) is 37.3 Å². The van der Waals surface area contributed by atoms with Gasteiger partial charge in [-0.15, -0.1) is 0 Å². The molecule has 1 aliphatic heterocycles. The van der Waals surface area contributed by atoms with Crippen molar-refractivity contribution in [3.05, 3.63) is 47.7 Å². The van der Waals surface area contributed by atoms with E-state index < -0.39 is 12.5 Å². The molecule has 1 aliphatic rings. The zero-order chi connectivity index (χ0) is 19.2. The summed E-state index contributed by atoms with van der Waals surface area (Å²) in [4.78, 5) is 19.1. The topological polar surface area (TPSA) is 63.7 Å². The van der Waals surface area contributed by atoms with Gasteiger partial charge in [0.25, 0.3) is 5.91 Å². The Bertz CT molecular complexity index is 796. The summed E-state index contributed by atoms with van der Waals surface area (Å²) < 4.78 is 34.9. The number of aromatic nitrogens is 1. The highest BCUT2D eigenvalue weighted by molar-refractivity contribution is 5.97. The molecule has 0 atom stereocenters. The number of anilines is 1. The molecule has 1 saturated heterocycles. The molecule has 0 radical (unpaired) electrons. The minimum atomic E-state index is -3.06. The second-order valence-corrected chi connectivity index (χ2v) is 6.11. The average Bonchev–Trinajstić information content (AvgIpc) is 3.21. The van der Waals surface area contributed by atoms with Crippen molar-refractivity contribution in [1.82, 2.24) is 10.3 Å². The van der Waals surface area contributed by atoms with Gasteiger partial charge in [0.1, 0.15) is 5.82 Å². The van der Waals surface area contributed by atoms with Gasteiger partial charge >= 0.3 is 6.61 Å². The first-order valence-electron chi connectivity index (χ1n) is 8.68. The van der Waals surface area contributed by atoms with Crippen LogP contribution in [0.15, 0.2) is 36.5 Å². The van der Waals surface area contributed by atoms with Crippen LogP contribution in [0.3, 0.4) is 0 Å². The van der Waals surface area contributed by atoms with Crippen LogP contribution in [0.4, 0.5) is 14.6 Å². The van der Waals surface area contributed by atoms with Crippen LogP contribution in [-0.2, 0) is 6.54 Å². The number of nitrogens with one attached hydrogen (secondary N) is 1. The van der Waals surface area contributed by atoms with Crippen molar-refractivity contribution in [2.45, 2.75) is 26.0 Å². The largest absolute Gasteiger partial charge is 0.493 e. The van der Waals surface area contributed by atoms with Crippen LogP contribution in [0.2, 0.25) is 0 Å². The Kier molecular flexibility index (Phi) is 6.05. The number of halogens is 2. The van der Waals surface area contributed by atoms with E-state index in [1.54, 1.807) is 12.3 Å². The Morgan fingerprint density at radius 1 is 1.30 bits per heavy atom. The van der Waals surface area contributed by atoms with Gasteiger partial charge in [0.05, 0.1) is 12.7 Å². The van der Waals surface area contributed by atoms with E-state index >= 15 is 0 Å². The second-order valence-electron chi connectivity index (χ2n) is 6.11. The van der Waals surface area contributed by atoms with Gasteiger partial charge < -0.3 is 19.7 Å². The molecule has 2 aromatic rings. The molecular weight excluding hydrogens is 356 g/mol. The lowest BCUT2D eigenvalue weighted by Gasteiger charge is -2.17. The Labute approximate surface area is 156 Å². The molecule has 8 heteroatoms. The Morgan fingerprint density at radius 3 is 2.78 bits per heavy atom. The van der Waals surface area contributed by atoms with Gasteiger partial charge in [-0.2, -0.15) is 8.78 Å². The summed E-state index contributed by atoms with van der Waals surface area (Å²) >= 11 is 0. The maximum atomic E-state index is 12.7. The number of pyridine rings is 1. The summed E-state index contributed by atoms with van der Waals surface area (Å²) in [6.45, 7) is -0.869. The standard InChI is InChI=1S/C19H21F2N3O3/c1-26-15-6-4-5-14(17(15)27-19(20)21)18(25)23-12-13-7-8-22-16(11-13)24-9-2-3-10-24/h4-8,11,19H,2-3,9-10,12H2,1H3,(H,23,25). The van der Waals surface area contributed by atoms with Gasteiger partial charge in [-0.3, -0.25) is 4.79 Å². The smallest absolute Gasteiger partial charge is 0.387 e. The Hall–Kier alpha value is -2.90. The van der Waals surface area contributed by atoms with E-state index in [9.17, 15) is 13.6 Å². The highest BCUT2D eigenvalue weighted by Crippen LogP contribution is 2.32. The number of carbonyl (C=O) groups excluding carboxylic acids is 1. The molecule has 3 rings (SSSR count). The molecule has 6 nitrogen and oxygen atoms in total. The number of hydrogen-bond donors (Lipinski definition) is 1. The minimum Gasteiger partial charge on any atom is -0.493 e. The monoisotopic (exact) mass is 377 g/mol. The van der Waals surface area contributed by atoms with Crippen molar-refractivity contribution in [2.24, 2.45) is 0 Å². The number of nitrogens with zero attached hydrogens (tertiary/aromatic N) is 2. The first-order valence-corrected chi connectivity index (χ1v) is 8.68. The van der Waals surface area contributed by atoms with E-state index in [-0.39, 0.29) is 23.6 Å². The third-order valence-electron chi connectivity index (χ3n) is 4.34. The lowest BCUT2D eigenvalue weighted by atomic mass is 10.1. The zero-order valence-electron chi connectivity index (χ0n) is 15.0. The van der Waals surface area contributed by atoms with Crippen LogP contribution in [-0.4, -0.2) is 37.7 Å². The SMILES string of the molecule is COc1cccc(C(=O)NCc2ccnc(N3CCCC3)c2)c1OC(F)F. The van der Waals surface area contributed by atoms with Crippen molar-refractivity contribution < 1.29 is 23.0 Å². The van der Waals surface area contributed by atoms with Gasteiger partial charge in [-0.05, 0) is 42.7 Å². The predicted octanol–water partition coefficient (Wildman–Crippen LogP) is 3.22.